The number of fused-ring (bicyclic) bond motifs is 1. The second-order valence-corrected chi connectivity index (χ2v) is 4.58. The summed E-state index contributed by atoms with van der Waals surface area (Å²) in [5.74, 6) is 0. The molecule has 0 radical (unpaired) electrons. The maximum Gasteiger partial charge on any atom is 0.134 e. The van der Waals surface area contributed by atoms with Gasteiger partial charge >= 0.3 is 0 Å². The third-order valence-corrected chi connectivity index (χ3v) is 3.33. The van der Waals surface area contributed by atoms with E-state index >= 15 is 0 Å². The van der Waals surface area contributed by atoms with E-state index < -0.39 is 0 Å². The molecule has 2 rings (SSSR count). The second kappa shape index (κ2) is 6.14. The lowest BCUT2D eigenvalue weighted by atomic mass is 10.1. The summed E-state index contributed by atoms with van der Waals surface area (Å²) in [7, 11) is 0. The topological polar surface area (TPSA) is 36.4 Å². The third kappa shape index (κ3) is 2.99. The lowest BCUT2D eigenvalue weighted by molar-refractivity contribution is 0.197. The van der Waals surface area contributed by atoms with Crippen molar-refractivity contribution in [1.29, 1.82) is 0 Å². The van der Waals surface area contributed by atoms with Crippen LogP contribution in [0.4, 0.5) is 0 Å². The van der Waals surface area contributed by atoms with Crippen molar-refractivity contribution in [3.05, 3.63) is 41.0 Å². The molecular weight excluding hydrogens is 248 g/mol. The van der Waals surface area contributed by atoms with Crippen molar-refractivity contribution in [3.8, 4) is 0 Å². The standard InChI is InChI=1S/C14H17ClN2O/c1-2-17(7-8-18)10-12-9-11-5-3-4-6-13(11)16-14(12)15/h3-6,9,18H,2,7-8,10H2,1H3. The predicted molar refractivity (Wildman–Crippen MR) is 74.8 cm³/mol. The normalized spacial score (nSPS) is 11.3. The molecule has 1 aromatic heterocycles. The summed E-state index contributed by atoms with van der Waals surface area (Å²) in [6.45, 7) is 4.47. The molecule has 0 aliphatic carbocycles. The predicted octanol–water partition coefficient (Wildman–Crippen LogP) is 2.70. The van der Waals surface area contributed by atoms with Gasteiger partial charge in [0.1, 0.15) is 5.15 Å². The Bertz CT molecular complexity index is 530. The highest BCUT2D eigenvalue weighted by Gasteiger charge is 2.09. The summed E-state index contributed by atoms with van der Waals surface area (Å²) in [6.07, 6.45) is 0. The van der Waals surface area contributed by atoms with Gasteiger partial charge in [0, 0.05) is 24.0 Å². The first-order valence-electron chi connectivity index (χ1n) is 6.12. The molecule has 0 aliphatic rings. The van der Waals surface area contributed by atoms with Crippen LogP contribution in [0.5, 0.6) is 0 Å². The summed E-state index contributed by atoms with van der Waals surface area (Å²) >= 11 is 6.20. The summed E-state index contributed by atoms with van der Waals surface area (Å²) in [4.78, 5) is 6.54. The zero-order chi connectivity index (χ0) is 13.0. The Kier molecular flexibility index (Phi) is 4.53. The number of aromatic nitrogens is 1. The molecule has 0 fully saturated rings. The minimum absolute atomic E-state index is 0.159. The third-order valence-electron chi connectivity index (χ3n) is 3.01. The van der Waals surface area contributed by atoms with Crippen LogP contribution < -0.4 is 0 Å². The number of aliphatic hydroxyl groups is 1. The number of likely N-dealkylation sites (N-methyl/N-ethyl adjacent to an activating group) is 1. The van der Waals surface area contributed by atoms with Crippen LogP contribution in [-0.4, -0.2) is 34.7 Å². The fourth-order valence-electron chi connectivity index (χ4n) is 1.98. The van der Waals surface area contributed by atoms with Crippen molar-refractivity contribution in [3.63, 3.8) is 0 Å². The molecule has 1 aromatic carbocycles. The number of rotatable bonds is 5. The number of pyridine rings is 1. The van der Waals surface area contributed by atoms with Gasteiger partial charge < -0.3 is 5.11 Å². The average molecular weight is 265 g/mol. The van der Waals surface area contributed by atoms with Gasteiger partial charge in [-0.1, -0.05) is 36.7 Å². The van der Waals surface area contributed by atoms with E-state index in [1.54, 1.807) is 0 Å². The van der Waals surface area contributed by atoms with Crippen molar-refractivity contribution < 1.29 is 5.11 Å². The second-order valence-electron chi connectivity index (χ2n) is 4.22. The van der Waals surface area contributed by atoms with E-state index in [4.69, 9.17) is 16.7 Å². The minimum Gasteiger partial charge on any atom is -0.395 e. The molecule has 0 atom stereocenters. The van der Waals surface area contributed by atoms with Gasteiger partial charge in [-0.15, -0.1) is 0 Å². The molecule has 0 saturated carbocycles. The van der Waals surface area contributed by atoms with Crippen molar-refractivity contribution >= 4 is 22.5 Å². The van der Waals surface area contributed by atoms with E-state index in [0.717, 1.165) is 23.0 Å². The summed E-state index contributed by atoms with van der Waals surface area (Å²) in [5, 5.41) is 10.6. The van der Waals surface area contributed by atoms with Gasteiger partial charge in [0.2, 0.25) is 0 Å². The Morgan fingerprint density at radius 2 is 2.11 bits per heavy atom. The first kappa shape index (κ1) is 13.3. The van der Waals surface area contributed by atoms with Gasteiger partial charge in [-0.2, -0.15) is 0 Å². The SMILES string of the molecule is CCN(CCO)Cc1cc2ccccc2nc1Cl. The number of nitrogens with zero attached hydrogens (tertiary/aromatic N) is 2. The van der Waals surface area contributed by atoms with E-state index in [1.807, 2.05) is 24.3 Å². The lowest BCUT2D eigenvalue weighted by Gasteiger charge is -2.19. The van der Waals surface area contributed by atoms with Gasteiger partial charge in [-0.05, 0) is 18.7 Å². The van der Waals surface area contributed by atoms with E-state index in [-0.39, 0.29) is 6.61 Å². The quantitative estimate of drug-likeness (QED) is 0.844. The molecule has 0 unspecified atom stereocenters. The maximum atomic E-state index is 9.00. The summed E-state index contributed by atoms with van der Waals surface area (Å²) in [5.41, 5.74) is 1.92. The number of halogens is 1. The number of para-hydroxylation sites is 1. The molecule has 2 aromatic rings. The zero-order valence-electron chi connectivity index (χ0n) is 10.4. The highest BCUT2D eigenvalue weighted by molar-refractivity contribution is 6.30. The molecule has 0 saturated heterocycles. The molecule has 1 heterocycles. The molecule has 3 nitrogen and oxygen atoms in total. The zero-order valence-corrected chi connectivity index (χ0v) is 11.2. The maximum absolute atomic E-state index is 9.00. The van der Waals surface area contributed by atoms with E-state index in [9.17, 15) is 0 Å². The number of benzene rings is 1. The molecule has 0 amide bonds. The Labute approximate surface area is 112 Å². The Morgan fingerprint density at radius 1 is 1.33 bits per heavy atom. The fourth-order valence-corrected chi connectivity index (χ4v) is 2.18. The van der Waals surface area contributed by atoms with Gasteiger partial charge in [0.15, 0.2) is 0 Å². The minimum atomic E-state index is 0.159. The fraction of sp³-hybridized carbons (Fsp3) is 0.357. The molecule has 96 valence electrons. The van der Waals surface area contributed by atoms with Gasteiger partial charge in [0.05, 0.1) is 12.1 Å². The highest BCUT2D eigenvalue weighted by Crippen LogP contribution is 2.21. The van der Waals surface area contributed by atoms with Crippen molar-refractivity contribution in [2.75, 3.05) is 19.7 Å². The van der Waals surface area contributed by atoms with E-state index in [1.165, 1.54) is 0 Å². The van der Waals surface area contributed by atoms with Crippen molar-refractivity contribution in [2.24, 2.45) is 0 Å². The van der Waals surface area contributed by atoms with Crippen molar-refractivity contribution in [1.82, 2.24) is 9.88 Å². The Balaban J connectivity index is 2.29. The first-order chi connectivity index (χ1) is 8.74. The molecule has 0 spiro atoms. The Hall–Kier alpha value is -1.16. The number of aliphatic hydroxyl groups excluding tert-OH is 1. The summed E-state index contributed by atoms with van der Waals surface area (Å²) < 4.78 is 0. The van der Waals surface area contributed by atoms with Crippen LogP contribution in [0.3, 0.4) is 0 Å². The largest absolute Gasteiger partial charge is 0.395 e. The Morgan fingerprint density at radius 3 is 2.83 bits per heavy atom. The average Bonchev–Trinajstić information content (AvgIpc) is 2.39. The van der Waals surface area contributed by atoms with E-state index in [0.29, 0.717) is 18.2 Å². The number of hydrogen-bond donors (Lipinski definition) is 1. The molecule has 1 N–H and O–H groups in total. The van der Waals surface area contributed by atoms with E-state index in [2.05, 4.69) is 22.9 Å². The lowest BCUT2D eigenvalue weighted by Crippen LogP contribution is -2.26. The monoisotopic (exact) mass is 264 g/mol. The molecule has 18 heavy (non-hydrogen) atoms. The van der Waals surface area contributed by atoms with Crippen molar-refractivity contribution in [2.45, 2.75) is 13.5 Å². The smallest absolute Gasteiger partial charge is 0.134 e. The van der Waals surface area contributed by atoms with Crippen LogP contribution in [0.15, 0.2) is 30.3 Å². The van der Waals surface area contributed by atoms with Gasteiger partial charge in [-0.3, -0.25) is 4.90 Å². The van der Waals surface area contributed by atoms with Gasteiger partial charge in [0.25, 0.3) is 0 Å². The molecule has 0 bridgehead atoms. The van der Waals surface area contributed by atoms with Crippen LogP contribution in [0.1, 0.15) is 12.5 Å². The van der Waals surface area contributed by atoms with Crippen LogP contribution in [0.2, 0.25) is 5.15 Å². The first-order valence-corrected chi connectivity index (χ1v) is 6.49. The molecule has 4 heteroatoms. The molecule has 0 aliphatic heterocycles. The highest BCUT2D eigenvalue weighted by atomic mass is 35.5. The summed E-state index contributed by atoms with van der Waals surface area (Å²) in [6, 6.07) is 10.0. The molecular formula is C14H17ClN2O. The van der Waals surface area contributed by atoms with Gasteiger partial charge in [-0.25, -0.2) is 4.98 Å². The van der Waals surface area contributed by atoms with Crippen LogP contribution in [0.25, 0.3) is 10.9 Å². The number of hydrogen-bond acceptors (Lipinski definition) is 3. The van der Waals surface area contributed by atoms with Crippen LogP contribution >= 0.6 is 11.6 Å². The van der Waals surface area contributed by atoms with Crippen LogP contribution in [-0.2, 0) is 6.54 Å². The van der Waals surface area contributed by atoms with Crippen LogP contribution in [0, 0.1) is 0 Å².